The Bertz CT molecular complexity index is 920. The molecule has 0 fully saturated rings. The molecule has 2 amide bonds. The average Bonchev–Trinajstić information content (AvgIpc) is 3.37. The number of amides is 2. The van der Waals surface area contributed by atoms with Gasteiger partial charge in [0, 0.05) is 10.9 Å². The number of methoxy groups -OCH3 is 1. The number of hydrogen-bond donors (Lipinski definition) is 3. The molecule has 0 aliphatic heterocycles. The van der Waals surface area contributed by atoms with Crippen molar-refractivity contribution in [3.63, 3.8) is 0 Å². The van der Waals surface area contributed by atoms with E-state index in [1.807, 2.05) is 16.8 Å². The average molecular weight is 386 g/mol. The van der Waals surface area contributed by atoms with Gasteiger partial charge in [0.15, 0.2) is 0 Å². The third-order valence-corrected chi connectivity index (χ3v) is 4.46. The number of rotatable bonds is 6. The summed E-state index contributed by atoms with van der Waals surface area (Å²) in [6, 6.07) is 12.0. The molecule has 3 N–H and O–H groups in total. The maximum Gasteiger partial charge on any atom is 0.313 e. The molecular weight excluding hydrogens is 368 g/mol. The molecule has 2 heterocycles. The van der Waals surface area contributed by atoms with Crippen LogP contribution < -0.4 is 15.4 Å². The second-order valence-electron chi connectivity index (χ2n) is 5.59. The van der Waals surface area contributed by atoms with Gasteiger partial charge in [-0.1, -0.05) is 12.1 Å². The molecule has 1 unspecified atom stereocenters. The van der Waals surface area contributed by atoms with E-state index in [1.165, 1.54) is 18.4 Å². The normalized spacial score (nSPS) is 11.6. The number of benzene rings is 1. The fourth-order valence-corrected chi connectivity index (χ4v) is 3.03. The van der Waals surface area contributed by atoms with Crippen LogP contribution in [0.4, 0.5) is 5.69 Å². The minimum Gasteiger partial charge on any atom is -0.495 e. The summed E-state index contributed by atoms with van der Waals surface area (Å²) in [4.78, 5) is 24.0. The molecular formula is C19H18N2O5S. The largest absolute Gasteiger partial charge is 0.495 e. The number of carbonyl (C=O) groups excluding carboxylic acids is 2. The third kappa shape index (κ3) is 4.55. The van der Waals surface area contributed by atoms with Crippen LogP contribution in [-0.2, 0) is 9.59 Å². The second kappa shape index (κ2) is 8.52. The molecule has 27 heavy (non-hydrogen) atoms. The predicted octanol–water partition coefficient (Wildman–Crippen LogP) is 2.81. The summed E-state index contributed by atoms with van der Waals surface area (Å²) in [6.45, 7) is -0.158. The van der Waals surface area contributed by atoms with Crippen LogP contribution in [0.5, 0.6) is 5.75 Å². The van der Waals surface area contributed by atoms with Crippen molar-refractivity contribution in [2.24, 2.45) is 0 Å². The van der Waals surface area contributed by atoms with Crippen LogP contribution in [0.25, 0.3) is 11.3 Å². The molecule has 0 saturated carbocycles. The molecule has 140 valence electrons. The van der Waals surface area contributed by atoms with Crippen LogP contribution in [0.1, 0.15) is 11.9 Å². The zero-order chi connectivity index (χ0) is 19.2. The standard InChI is InChI=1S/C19H18N2O5S/c1-25-16-5-3-2-4-13(16)21-19(24)18(23)20-10-14(22)17-7-6-15(26-17)12-8-9-27-11-12/h2-9,11,14,22H,10H2,1H3,(H,20,23)(H,21,24). The SMILES string of the molecule is COc1ccccc1NC(=O)C(=O)NCC(O)c1ccc(-c2ccsc2)o1. The maximum atomic E-state index is 12.0. The Balaban J connectivity index is 1.54. The van der Waals surface area contributed by atoms with E-state index in [0.717, 1.165) is 5.56 Å². The Kier molecular flexibility index (Phi) is 5.90. The predicted molar refractivity (Wildman–Crippen MR) is 102 cm³/mol. The highest BCUT2D eigenvalue weighted by Crippen LogP contribution is 2.27. The van der Waals surface area contributed by atoms with Crippen LogP contribution in [0.2, 0.25) is 0 Å². The van der Waals surface area contributed by atoms with Gasteiger partial charge in [-0.3, -0.25) is 9.59 Å². The smallest absolute Gasteiger partial charge is 0.313 e. The van der Waals surface area contributed by atoms with Gasteiger partial charge >= 0.3 is 11.8 Å². The summed E-state index contributed by atoms with van der Waals surface area (Å²) >= 11 is 1.54. The molecule has 0 aliphatic rings. The molecule has 3 aromatic rings. The van der Waals surface area contributed by atoms with E-state index in [0.29, 0.717) is 23.0 Å². The summed E-state index contributed by atoms with van der Waals surface area (Å²) in [5.74, 6) is -0.350. The van der Waals surface area contributed by atoms with Gasteiger partial charge in [0.1, 0.15) is 23.4 Å². The number of ether oxygens (including phenoxy) is 1. The van der Waals surface area contributed by atoms with Crippen LogP contribution in [0.3, 0.4) is 0 Å². The van der Waals surface area contributed by atoms with E-state index in [2.05, 4.69) is 10.6 Å². The molecule has 7 nitrogen and oxygen atoms in total. The Morgan fingerprint density at radius 1 is 1.19 bits per heavy atom. The Hall–Kier alpha value is -3.10. The summed E-state index contributed by atoms with van der Waals surface area (Å²) in [6.07, 6.45) is -1.07. The molecule has 1 aromatic carbocycles. The van der Waals surface area contributed by atoms with Gasteiger partial charge in [-0.25, -0.2) is 0 Å². The van der Waals surface area contributed by atoms with E-state index in [4.69, 9.17) is 9.15 Å². The van der Waals surface area contributed by atoms with Gasteiger partial charge in [-0.15, -0.1) is 0 Å². The van der Waals surface area contributed by atoms with Gasteiger partial charge in [-0.05, 0) is 35.7 Å². The monoisotopic (exact) mass is 386 g/mol. The lowest BCUT2D eigenvalue weighted by Crippen LogP contribution is -2.37. The first-order valence-corrected chi connectivity index (χ1v) is 9.05. The Labute approximate surface area is 159 Å². The Morgan fingerprint density at radius 3 is 2.74 bits per heavy atom. The molecule has 1 atom stereocenters. The second-order valence-corrected chi connectivity index (χ2v) is 6.37. The number of aliphatic hydroxyl groups is 1. The number of anilines is 1. The van der Waals surface area contributed by atoms with E-state index in [9.17, 15) is 14.7 Å². The van der Waals surface area contributed by atoms with Gasteiger partial charge in [0.05, 0.1) is 19.3 Å². The minimum atomic E-state index is -1.07. The molecule has 0 radical (unpaired) electrons. The fourth-order valence-electron chi connectivity index (χ4n) is 2.39. The van der Waals surface area contributed by atoms with Crippen molar-refractivity contribution >= 4 is 28.8 Å². The van der Waals surface area contributed by atoms with Crippen molar-refractivity contribution in [3.8, 4) is 17.1 Å². The summed E-state index contributed by atoms with van der Waals surface area (Å²) in [5.41, 5.74) is 1.30. The van der Waals surface area contributed by atoms with Crippen LogP contribution in [0, 0.1) is 0 Å². The fraction of sp³-hybridized carbons (Fsp3) is 0.158. The van der Waals surface area contributed by atoms with Crippen LogP contribution >= 0.6 is 11.3 Å². The van der Waals surface area contributed by atoms with Gasteiger partial charge in [0.25, 0.3) is 0 Å². The molecule has 0 spiro atoms. The van der Waals surface area contributed by atoms with Gasteiger partial charge < -0.3 is 24.9 Å². The maximum absolute atomic E-state index is 12.0. The van der Waals surface area contributed by atoms with Crippen LogP contribution in [-0.4, -0.2) is 30.6 Å². The minimum absolute atomic E-state index is 0.158. The topological polar surface area (TPSA) is 101 Å². The quantitative estimate of drug-likeness (QED) is 0.566. The van der Waals surface area contributed by atoms with Crippen molar-refractivity contribution in [3.05, 3.63) is 59.0 Å². The highest BCUT2D eigenvalue weighted by molar-refractivity contribution is 7.08. The highest BCUT2D eigenvalue weighted by Gasteiger charge is 2.19. The summed E-state index contributed by atoms with van der Waals surface area (Å²) < 4.78 is 10.7. The van der Waals surface area contributed by atoms with Gasteiger partial charge in [-0.2, -0.15) is 11.3 Å². The van der Waals surface area contributed by atoms with Crippen molar-refractivity contribution in [1.29, 1.82) is 0 Å². The first-order chi connectivity index (χ1) is 13.1. The van der Waals surface area contributed by atoms with Crippen molar-refractivity contribution in [2.45, 2.75) is 6.10 Å². The van der Waals surface area contributed by atoms with E-state index >= 15 is 0 Å². The number of thiophene rings is 1. The number of furan rings is 1. The van der Waals surface area contributed by atoms with E-state index < -0.39 is 17.9 Å². The van der Waals surface area contributed by atoms with Gasteiger partial charge in [0.2, 0.25) is 0 Å². The Morgan fingerprint density at radius 2 is 2.00 bits per heavy atom. The lowest BCUT2D eigenvalue weighted by molar-refractivity contribution is -0.136. The zero-order valence-electron chi connectivity index (χ0n) is 14.5. The van der Waals surface area contributed by atoms with E-state index in [-0.39, 0.29) is 6.54 Å². The van der Waals surface area contributed by atoms with Crippen molar-refractivity contribution in [2.75, 3.05) is 19.0 Å². The summed E-state index contributed by atoms with van der Waals surface area (Å²) in [5, 5.41) is 18.9. The lowest BCUT2D eigenvalue weighted by atomic mass is 10.2. The van der Waals surface area contributed by atoms with Crippen LogP contribution in [0.15, 0.2) is 57.6 Å². The number of carbonyl (C=O) groups is 2. The number of hydrogen-bond acceptors (Lipinski definition) is 6. The number of nitrogens with one attached hydrogen (secondary N) is 2. The lowest BCUT2D eigenvalue weighted by Gasteiger charge is -2.11. The van der Waals surface area contributed by atoms with Crippen molar-refractivity contribution < 1.29 is 23.8 Å². The highest BCUT2D eigenvalue weighted by atomic mass is 32.1. The summed E-state index contributed by atoms with van der Waals surface area (Å²) in [7, 11) is 1.47. The molecule has 8 heteroatoms. The molecule has 0 aliphatic carbocycles. The number of aliphatic hydroxyl groups excluding tert-OH is 1. The first kappa shape index (κ1) is 18.7. The van der Waals surface area contributed by atoms with Crippen molar-refractivity contribution in [1.82, 2.24) is 5.32 Å². The molecule has 3 rings (SSSR count). The zero-order valence-corrected chi connectivity index (χ0v) is 15.3. The third-order valence-electron chi connectivity index (χ3n) is 3.78. The number of para-hydroxylation sites is 2. The molecule has 0 saturated heterocycles. The molecule has 2 aromatic heterocycles. The first-order valence-electron chi connectivity index (χ1n) is 8.11. The molecule has 0 bridgehead atoms. The van der Waals surface area contributed by atoms with E-state index in [1.54, 1.807) is 36.4 Å².